The van der Waals surface area contributed by atoms with Crippen LogP contribution in [0.15, 0.2) is 77.7 Å². The predicted octanol–water partition coefficient (Wildman–Crippen LogP) is 4.31. The van der Waals surface area contributed by atoms with E-state index in [-0.39, 0.29) is 16.5 Å². The standard InChI is InChI=1S/C24H20FN3O3S/c25-17-8-10-18(11-9-17)27-32(30,31)19-5-3-4-16(14-19)24(29)28-13-12-23-21(15-28)20-6-1-2-7-22(20)26-23/h1-11,14,26-27H,12-13,15H2. The van der Waals surface area contributed by atoms with E-state index < -0.39 is 15.8 Å². The first-order chi connectivity index (χ1) is 15.4. The number of H-pyrrole nitrogens is 1. The van der Waals surface area contributed by atoms with E-state index in [1.54, 1.807) is 17.0 Å². The quantitative estimate of drug-likeness (QED) is 0.487. The van der Waals surface area contributed by atoms with Crippen molar-refractivity contribution in [3.05, 3.63) is 95.4 Å². The van der Waals surface area contributed by atoms with Crippen LogP contribution in [0.1, 0.15) is 21.6 Å². The molecule has 0 saturated heterocycles. The summed E-state index contributed by atoms with van der Waals surface area (Å²) < 4.78 is 41.1. The topological polar surface area (TPSA) is 82.3 Å². The molecule has 0 spiro atoms. The molecule has 0 saturated carbocycles. The molecular formula is C24H20FN3O3S. The monoisotopic (exact) mass is 449 g/mol. The van der Waals surface area contributed by atoms with Crippen molar-refractivity contribution in [3.63, 3.8) is 0 Å². The van der Waals surface area contributed by atoms with Gasteiger partial charge in [0.2, 0.25) is 0 Å². The van der Waals surface area contributed by atoms with Crippen molar-refractivity contribution in [2.75, 3.05) is 11.3 Å². The zero-order valence-electron chi connectivity index (χ0n) is 17.0. The molecule has 2 N–H and O–H groups in total. The van der Waals surface area contributed by atoms with E-state index in [9.17, 15) is 17.6 Å². The number of benzene rings is 3. The number of sulfonamides is 1. The van der Waals surface area contributed by atoms with Crippen molar-refractivity contribution in [2.24, 2.45) is 0 Å². The zero-order valence-corrected chi connectivity index (χ0v) is 17.8. The van der Waals surface area contributed by atoms with Gasteiger partial charge in [-0.25, -0.2) is 12.8 Å². The Hall–Kier alpha value is -3.65. The summed E-state index contributed by atoms with van der Waals surface area (Å²) in [7, 11) is -3.93. The van der Waals surface area contributed by atoms with E-state index in [1.807, 2.05) is 24.3 Å². The Labute approximate surface area is 184 Å². The van der Waals surface area contributed by atoms with E-state index in [1.165, 1.54) is 36.4 Å². The van der Waals surface area contributed by atoms with Gasteiger partial charge in [-0.1, -0.05) is 24.3 Å². The number of aromatic amines is 1. The molecule has 6 nitrogen and oxygen atoms in total. The molecule has 1 amide bonds. The molecule has 162 valence electrons. The number of anilines is 1. The first-order valence-corrected chi connectivity index (χ1v) is 11.7. The van der Waals surface area contributed by atoms with Gasteiger partial charge in [0.15, 0.2) is 0 Å². The second kappa shape index (κ2) is 7.80. The lowest BCUT2D eigenvalue weighted by Gasteiger charge is -2.27. The van der Waals surface area contributed by atoms with Gasteiger partial charge in [0, 0.05) is 52.9 Å². The number of fused-ring (bicyclic) bond motifs is 3. The van der Waals surface area contributed by atoms with Crippen LogP contribution in [0.3, 0.4) is 0 Å². The summed E-state index contributed by atoms with van der Waals surface area (Å²) in [5.74, 6) is -0.680. The van der Waals surface area contributed by atoms with Crippen molar-refractivity contribution in [2.45, 2.75) is 17.9 Å². The highest BCUT2D eigenvalue weighted by molar-refractivity contribution is 7.92. The fraction of sp³-hybridized carbons (Fsp3) is 0.125. The van der Waals surface area contributed by atoms with Crippen LogP contribution < -0.4 is 4.72 Å². The van der Waals surface area contributed by atoms with Gasteiger partial charge in [0.05, 0.1) is 4.90 Å². The largest absolute Gasteiger partial charge is 0.358 e. The Morgan fingerprint density at radius 2 is 1.78 bits per heavy atom. The number of carbonyl (C=O) groups excluding carboxylic acids is 1. The van der Waals surface area contributed by atoms with Crippen LogP contribution in [-0.4, -0.2) is 30.8 Å². The Bertz CT molecular complexity index is 1430. The van der Waals surface area contributed by atoms with E-state index >= 15 is 0 Å². The lowest BCUT2D eigenvalue weighted by atomic mass is 10.0. The molecule has 5 rings (SSSR count). The van der Waals surface area contributed by atoms with Crippen LogP contribution in [0.25, 0.3) is 10.9 Å². The van der Waals surface area contributed by atoms with Crippen molar-refractivity contribution in [1.82, 2.24) is 9.88 Å². The van der Waals surface area contributed by atoms with Crippen molar-refractivity contribution >= 4 is 32.5 Å². The molecule has 2 heterocycles. The van der Waals surface area contributed by atoms with Gasteiger partial charge in [-0.3, -0.25) is 9.52 Å². The van der Waals surface area contributed by atoms with Crippen LogP contribution in [0.2, 0.25) is 0 Å². The van der Waals surface area contributed by atoms with Crippen LogP contribution in [-0.2, 0) is 23.0 Å². The zero-order chi connectivity index (χ0) is 22.3. The summed E-state index contributed by atoms with van der Waals surface area (Å²) in [6, 6.07) is 19.0. The van der Waals surface area contributed by atoms with Gasteiger partial charge in [-0.2, -0.15) is 0 Å². The first kappa shape index (κ1) is 20.3. The van der Waals surface area contributed by atoms with Gasteiger partial charge in [-0.05, 0) is 48.5 Å². The molecule has 32 heavy (non-hydrogen) atoms. The average Bonchev–Trinajstić information content (AvgIpc) is 3.18. The molecule has 1 aliphatic rings. The van der Waals surface area contributed by atoms with Crippen molar-refractivity contribution in [1.29, 1.82) is 0 Å². The maximum atomic E-state index is 13.2. The van der Waals surface area contributed by atoms with E-state index in [0.717, 1.165) is 22.2 Å². The Morgan fingerprint density at radius 1 is 1.00 bits per heavy atom. The van der Waals surface area contributed by atoms with E-state index in [4.69, 9.17) is 0 Å². The smallest absolute Gasteiger partial charge is 0.261 e. The summed E-state index contributed by atoms with van der Waals surface area (Å²) >= 11 is 0. The Morgan fingerprint density at radius 3 is 2.59 bits per heavy atom. The van der Waals surface area contributed by atoms with Crippen LogP contribution in [0, 0.1) is 5.82 Å². The molecule has 0 unspecified atom stereocenters. The molecule has 0 bridgehead atoms. The molecule has 0 fully saturated rings. The summed E-state index contributed by atoms with van der Waals surface area (Å²) in [5, 5.41) is 1.10. The van der Waals surface area contributed by atoms with Gasteiger partial charge in [0.25, 0.3) is 15.9 Å². The molecule has 8 heteroatoms. The third kappa shape index (κ3) is 3.73. The fourth-order valence-corrected chi connectivity index (χ4v) is 5.15. The molecule has 1 aromatic heterocycles. The van der Waals surface area contributed by atoms with Crippen LogP contribution in [0.5, 0.6) is 0 Å². The second-order valence-corrected chi connectivity index (χ2v) is 9.43. The molecule has 4 aromatic rings. The number of carbonyl (C=O) groups is 1. The Kier molecular flexibility index (Phi) is 4.94. The molecular weight excluding hydrogens is 429 g/mol. The van der Waals surface area contributed by atoms with Gasteiger partial charge in [0.1, 0.15) is 5.82 Å². The number of hydrogen-bond donors (Lipinski definition) is 2. The lowest BCUT2D eigenvalue weighted by Crippen LogP contribution is -2.35. The number of para-hydroxylation sites is 1. The summed E-state index contributed by atoms with van der Waals surface area (Å²) in [6.45, 7) is 1.01. The molecule has 3 aromatic carbocycles. The summed E-state index contributed by atoms with van der Waals surface area (Å²) in [5.41, 5.74) is 3.82. The average molecular weight is 450 g/mol. The number of halogens is 1. The highest BCUT2D eigenvalue weighted by Gasteiger charge is 2.25. The van der Waals surface area contributed by atoms with Crippen molar-refractivity contribution < 1.29 is 17.6 Å². The summed E-state index contributed by atoms with van der Waals surface area (Å²) in [4.78, 5) is 18.3. The van der Waals surface area contributed by atoms with Gasteiger partial charge in [-0.15, -0.1) is 0 Å². The second-order valence-electron chi connectivity index (χ2n) is 7.74. The number of nitrogens with one attached hydrogen (secondary N) is 2. The molecule has 0 atom stereocenters. The van der Waals surface area contributed by atoms with Gasteiger partial charge >= 0.3 is 0 Å². The third-order valence-electron chi connectivity index (χ3n) is 5.66. The molecule has 1 aliphatic heterocycles. The number of hydrogen-bond acceptors (Lipinski definition) is 3. The maximum absolute atomic E-state index is 13.2. The number of rotatable bonds is 4. The fourth-order valence-electron chi connectivity index (χ4n) is 4.05. The van der Waals surface area contributed by atoms with E-state index in [2.05, 4.69) is 9.71 Å². The number of amides is 1. The normalized spacial score (nSPS) is 13.7. The van der Waals surface area contributed by atoms with E-state index in [0.29, 0.717) is 25.1 Å². The van der Waals surface area contributed by atoms with Crippen LogP contribution >= 0.6 is 0 Å². The van der Waals surface area contributed by atoms with Crippen LogP contribution in [0.4, 0.5) is 10.1 Å². The SMILES string of the molecule is O=C(c1cccc(S(=O)(=O)Nc2ccc(F)cc2)c1)N1CCc2[nH]c3ccccc3c2C1. The third-order valence-corrected chi connectivity index (χ3v) is 7.04. The molecule has 0 radical (unpaired) electrons. The molecule has 0 aliphatic carbocycles. The number of nitrogens with zero attached hydrogens (tertiary/aromatic N) is 1. The predicted molar refractivity (Wildman–Crippen MR) is 120 cm³/mol. The Balaban J connectivity index is 1.39. The minimum Gasteiger partial charge on any atom is -0.358 e. The number of aromatic nitrogens is 1. The van der Waals surface area contributed by atoms with Crippen molar-refractivity contribution in [3.8, 4) is 0 Å². The highest BCUT2D eigenvalue weighted by atomic mass is 32.2. The first-order valence-electron chi connectivity index (χ1n) is 10.2. The minimum absolute atomic E-state index is 0.0301. The van der Waals surface area contributed by atoms with Gasteiger partial charge < -0.3 is 9.88 Å². The lowest BCUT2D eigenvalue weighted by molar-refractivity contribution is 0.0735. The maximum Gasteiger partial charge on any atom is 0.261 e. The minimum atomic E-state index is -3.93. The summed E-state index contributed by atoms with van der Waals surface area (Å²) in [6.07, 6.45) is 0.708. The highest BCUT2D eigenvalue weighted by Crippen LogP contribution is 2.28.